The van der Waals surface area contributed by atoms with Gasteiger partial charge in [-0.25, -0.2) is 24.4 Å². The third kappa shape index (κ3) is 7.93. The highest BCUT2D eigenvalue weighted by atomic mass is 16.6. The first-order chi connectivity index (χ1) is 19.2. The van der Waals surface area contributed by atoms with Crippen LogP contribution in [0.25, 0.3) is 11.0 Å². The van der Waals surface area contributed by atoms with Crippen LogP contribution in [0.15, 0.2) is 36.5 Å². The van der Waals surface area contributed by atoms with Gasteiger partial charge in [0.1, 0.15) is 11.2 Å². The quantitative estimate of drug-likeness (QED) is 0.348. The van der Waals surface area contributed by atoms with Crippen LogP contribution >= 0.6 is 0 Å². The van der Waals surface area contributed by atoms with Crippen molar-refractivity contribution in [2.75, 3.05) is 41.7 Å². The van der Waals surface area contributed by atoms with E-state index in [4.69, 9.17) is 4.74 Å². The summed E-state index contributed by atoms with van der Waals surface area (Å²) >= 11 is 0. The van der Waals surface area contributed by atoms with Gasteiger partial charge in [-0.15, -0.1) is 0 Å². The van der Waals surface area contributed by atoms with Crippen LogP contribution in [0.5, 0.6) is 0 Å². The van der Waals surface area contributed by atoms with Crippen LogP contribution in [0.4, 0.5) is 32.7 Å². The summed E-state index contributed by atoms with van der Waals surface area (Å²) in [5, 5.41) is 18.4. The standard InChI is InChI=1S/C28H36N8O5/c1-27(2,3)34-25(39)33-22-20(23(37)38)15-17-16-29-24(32-21(17)31-22)30-18-7-9-19(10-8-18)35-11-13-36(14-12-35)26(40)41-28(4,5)6/h7-10,15-16H,11-14H2,1-6H3,(H,37,38)(H3,29,30,31,32,33,34,39). The van der Waals surface area contributed by atoms with Crippen molar-refractivity contribution in [1.29, 1.82) is 0 Å². The third-order valence-corrected chi connectivity index (χ3v) is 5.94. The Morgan fingerprint density at radius 1 is 0.951 bits per heavy atom. The molecule has 0 unspecified atom stereocenters. The average molecular weight is 565 g/mol. The highest BCUT2D eigenvalue weighted by Crippen LogP contribution is 2.24. The largest absolute Gasteiger partial charge is 0.478 e. The molecule has 2 aromatic heterocycles. The van der Waals surface area contributed by atoms with Crippen molar-refractivity contribution in [3.05, 3.63) is 42.1 Å². The SMILES string of the molecule is CC(C)(C)NC(=O)Nc1nc2nc(Nc3ccc(N4CCN(C(=O)OC(C)(C)C)CC4)cc3)ncc2cc1C(=O)O. The van der Waals surface area contributed by atoms with E-state index in [9.17, 15) is 19.5 Å². The lowest BCUT2D eigenvalue weighted by atomic mass is 10.1. The van der Waals surface area contributed by atoms with Crippen LogP contribution in [0.1, 0.15) is 51.9 Å². The normalized spacial score (nSPS) is 14.0. The molecular formula is C28H36N8O5. The predicted octanol–water partition coefficient (Wildman–Crippen LogP) is 4.44. The van der Waals surface area contributed by atoms with Crippen molar-refractivity contribution < 1.29 is 24.2 Å². The lowest BCUT2D eigenvalue weighted by Gasteiger charge is -2.36. The van der Waals surface area contributed by atoms with E-state index in [2.05, 4.69) is 35.8 Å². The number of piperazine rings is 1. The molecule has 1 saturated heterocycles. The molecule has 0 saturated carbocycles. The number of nitrogens with zero attached hydrogens (tertiary/aromatic N) is 5. The van der Waals surface area contributed by atoms with Gasteiger partial charge in [-0.1, -0.05) is 0 Å². The molecule has 1 aliphatic rings. The Kier molecular flexibility index (Phi) is 8.17. The summed E-state index contributed by atoms with van der Waals surface area (Å²) in [6.45, 7) is 13.5. The lowest BCUT2D eigenvalue weighted by molar-refractivity contribution is 0.0240. The molecule has 13 nitrogen and oxygen atoms in total. The van der Waals surface area contributed by atoms with E-state index in [1.54, 1.807) is 4.90 Å². The molecule has 3 aromatic rings. The molecular weight excluding hydrogens is 528 g/mol. The van der Waals surface area contributed by atoms with Gasteiger partial charge in [-0.3, -0.25) is 5.32 Å². The Morgan fingerprint density at radius 2 is 1.61 bits per heavy atom. The van der Waals surface area contributed by atoms with Gasteiger partial charge in [0, 0.05) is 54.7 Å². The third-order valence-electron chi connectivity index (χ3n) is 5.94. The zero-order chi connectivity index (χ0) is 29.9. The zero-order valence-electron chi connectivity index (χ0n) is 24.1. The van der Waals surface area contributed by atoms with Crippen LogP contribution in [0.3, 0.4) is 0 Å². The van der Waals surface area contributed by atoms with Gasteiger partial charge in [0.15, 0.2) is 11.5 Å². The van der Waals surface area contributed by atoms with Crippen LogP contribution in [-0.4, -0.2) is 80.4 Å². The van der Waals surface area contributed by atoms with E-state index in [1.807, 2.05) is 65.8 Å². The van der Waals surface area contributed by atoms with Crippen molar-refractivity contribution in [2.45, 2.75) is 52.7 Å². The molecule has 3 amide bonds. The van der Waals surface area contributed by atoms with Gasteiger partial charge >= 0.3 is 18.1 Å². The van der Waals surface area contributed by atoms with Crippen molar-refractivity contribution in [1.82, 2.24) is 25.2 Å². The van der Waals surface area contributed by atoms with Crippen molar-refractivity contribution in [3.8, 4) is 0 Å². The molecule has 4 rings (SSSR count). The molecule has 218 valence electrons. The Hall–Kier alpha value is -4.68. The maximum atomic E-state index is 12.4. The number of aromatic carboxylic acids is 1. The number of benzene rings is 1. The summed E-state index contributed by atoms with van der Waals surface area (Å²) < 4.78 is 5.47. The molecule has 0 radical (unpaired) electrons. The van der Waals surface area contributed by atoms with E-state index in [0.717, 1.165) is 11.4 Å². The Morgan fingerprint density at radius 3 is 2.20 bits per heavy atom. The Labute approximate surface area is 238 Å². The van der Waals surface area contributed by atoms with E-state index in [0.29, 0.717) is 31.6 Å². The molecule has 0 spiro atoms. The Balaban J connectivity index is 1.43. The Bertz CT molecular complexity index is 1440. The zero-order valence-corrected chi connectivity index (χ0v) is 24.1. The van der Waals surface area contributed by atoms with Gasteiger partial charge in [0.25, 0.3) is 0 Å². The topological polar surface area (TPSA) is 162 Å². The second kappa shape index (κ2) is 11.4. The molecule has 13 heteroatoms. The molecule has 1 aliphatic heterocycles. The van der Waals surface area contributed by atoms with Crippen molar-refractivity contribution in [2.24, 2.45) is 0 Å². The van der Waals surface area contributed by atoms with Crippen LogP contribution < -0.4 is 20.9 Å². The number of ether oxygens (including phenoxy) is 1. The number of aromatic nitrogens is 3. The van der Waals surface area contributed by atoms with Crippen LogP contribution in [0.2, 0.25) is 0 Å². The summed E-state index contributed by atoms with van der Waals surface area (Å²) in [6, 6.07) is 8.53. The number of pyridine rings is 1. The summed E-state index contributed by atoms with van der Waals surface area (Å²) in [7, 11) is 0. The van der Waals surface area contributed by atoms with Gasteiger partial charge in [-0.05, 0) is 71.9 Å². The highest BCUT2D eigenvalue weighted by molar-refractivity contribution is 6.01. The monoisotopic (exact) mass is 564 g/mol. The number of carboxylic acids is 1. The summed E-state index contributed by atoms with van der Waals surface area (Å²) in [6.07, 6.45) is 1.18. The number of amides is 3. The smallest absolute Gasteiger partial charge is 0.410 e. The maximum Gasteiger partial charge on any atom is 0.410 e. The molecule has 0 bridgehead atoms. The van der Waals surface area contributed by atoms with E-state index in [-0.39, 0.29) is 29.1 Å². The van der Waals surface area contributed by atoms with Crippen LogP contribution in [-0.2, 0) is 4.74 Å². The maximum absolute atomic E-state index is 12.4. The summed E-state index contributed by atoms with van der Waals surface area (Å²) in [4.78, 5) is 53.4. The first-order valence-corrected chi connectivity index (χ1v) is 13.3. The van der Waals surface area contributed by atoms with Crippen molar-refractivity contribution in [3.63, 3.8) is 0 Å². The molecule has 1 fully saturated rings. The van der Waals surface area contributed by atoms with Crippen LogP contribution in [0, 0.1) is 0 Å². The minimum atomic E-state index is -1.24. The number of urea groups is 1. The second-order valence-electron chi connectivity index (χ2n) is 11.8. The molecule has 4 N–H and O–H groups in total. The number of hydrogen-bond acceptors (Lipinski definition) is 9. The number of carboxylic acid groups (broad SMARTS) is 1. The van der Waals surface area contributed by atoms with Gasteiger partial charge in [-0.2, -0.15) is 4.98 Å². The summed E-state index contributed by atoms with van der Waals surface area (Å²) in [5.74, 6) is -1.09. The fraction of sp³-hybridized carbons (Fsp3) is 0.429. The molecule has 1 aromatic carbocycles. The van der Waals surface area contributed by atoms with E-state index >= 15 is 0 Å². The number of carbonyl (C=O) groups is 3. The number of rotatable bonds is 5. The fourth-order valence-electron chi connectivity index (χ4n) is 4.12. The first-order valence-electron chi connectivity index (χ1n) is 13.3. The molecule has 41 heavy (non-hydrogen) atoms. The number of nitrogens with one attached hydrogen (secondary N) is 3. The van der Waals surface area contributed by atoms with Gasteiger partial charge < -0.3 is 30.3 Å². The van der Waals surface area contributed by atoms with Gasteiger partial charge in [0.2, 0.25) is 5.95 Å². The van der Waals surface area contributed by atoms with E-state index in [1.165, 1.54) is 12.3 Å². The molecule has 0 aliphatic carbocycles. The van der Waals surface area contributed by atoms with E-state index < -0.39 is 23.1 Å². The predicted molar refractivity (Wildman–Crippen MR) is 156 cm³/mol. The number of hydrogen-bond donors (Lipinski definition) is 4. The second-order valence-corrected chi connectivity index (χ2v) is 11.8. The minimum absolute atomic E-state index is 0.118. The van der Waals surface area contributed by atoms with Crippen molar-refractivity contribution >= 4 is 52.3 Å². The number of anilines is 4. The lowest BCUT2D eigenvalue weighted by Crippen LogP contribution is -2.50. The molecule has 3 heterocycles. The minimum Gasteiger partial charge on any atom is -0.478 e. The fourth-order valence-corrected chi connectivity index (χ4v) is 4.12. The van der Waals surface area contributed by atoms with Gasteiger partial charge in [0.05, 0.1) is 0 Å². The first kappa shape index (κ1) is 29.3. The number of fused-ring (bicyclic) bond motifs is 1. The molecule has 0 atom stereocenters. The number of carbonyl (C=O) groups excluding carboxylic acids is 2. The highest BCUT2D eigenvalue weighted by Gasteiger charge is 2.26. The summed E-state index contributed by atoms with van der Waals surface area (Å²) in [5.41, 5.74) is 0.765. The average Bonchev–Trinajstić information content (AvgIpc) is 2.86.